The van der Waals surface area contributed by atoms with Crippen LogP contribution in [0.25, 0.3) is 0 Å². The highest BCUT2D eigenvalue weighted by Crippen LogP contribution is 1.96. The van der Waals surface area contributed by atoms with Gasteiger partial charge < -0.3 is 4.74 Å². The lowest BCUT2D eigenvalue weighted by Gasteiger charge is -2.02. The number of nitrogens with zero attached hydrogens (tertiary/aromatic N) is 2. The van der Waals surface area contributed by atoms with E-state index in [0.717, 1.165) is 0 Å². The number of nitrogens with one attached hydrogen (secondary N) is 1. The van der Waals surface area contributed by atoms with Gasteiger partial charge in [0.25, 0.3) is 0 Å². The molecular weight excluding hydrogens is 186 g/mol. The van der Waals surface area contributed by atoms with E-state index in [1.807, 2.05) is 0 Å². The second kappa shape index (κ2) is 4.90. The van der Waals surface area contributed by atoms with Gasteiger partial charge in [0.15, 0.2) is 5.82 Å². The van der Waals surface area contributed by atoms with E-state index in [0.29, 0.717) is 0 Å². The Morgan fingerprint density at radius 1 is 1.50 bits per heavy atom. The number of carbonyl (C=O) groups excluding carboxylic acids is 2. The Hall–Kier alpha value is -1.98. The van der Waals surface area contributed by atoms with Gasteiger partial charge in [-0.05, 0) is 6.92 Å². The van der Waals surface area contributed by atoms with Crippen molar-refractivity contribution in [1.29, 1.82) is 0 Å². The van der Waals surface area contributed by atoms with Crippen molar-refractivity contribution in [3.05, 3.63) is 18.6 Å². The third-order valence-electron chi connectivity index (χ3n) is 1.27. The highest BCUT2D eigenvalue weighted by atomic mass is 16.5. The molecule has 0 atom stereocenters. The monoisotopic (exact) mass is 195 g/mol. The third-order valence-corrected chi connectivity index (χ3v) is 1.27. The molecule has 6 nitrogen and oxygen atoms in total. The summed E-state index contributed by atoms with van der Waals surface area (Å²) in [5.74, 6) is -1.57. The summed E-state index contributed by atoms with van der Waals surface area (Å²) in [6, 6.07) is 0. The molecule has 0 radical (unpaired) electrons. The molecule has 0 unspecified atom stereocenters. The Balaban J connectivity index is 2.53. The summed E-state index contributed by atoms with van der Waals surface area (Å²) >= 11 is 0. The minimum atomic E-state index is -0.932. The molecule has 1 aromatic heterocycles. The molecule has 1 N–H and O–H groups in total. The van der Waals surface area contributed by atoms with Gasteiger partial charge in [-0.25, -0.2) is 9.78 Å². The Labute approximate surface area is 80.3 Å². The fourth-order valence-electron chi connectivity index (χ4n) is 0.728. The van der Waals surface area contributed by atoms with Gasteiger partial charge in [-0.1, -0.05) is 0 Å². The highest BCUT2D eigenvalue weighted by Gasteiger charge is 2.14. The zero-order chi connectivity index (χ0) is 10.4. The smallest absolute Gasteiger partial charge is 0.397 e. The van der Waals surface area contributed by atoms with Crippen molar-refractivity contribution < 1.29 is 14.3 Å². The molecule has 0 fully saturated rings. The van der Waals surface area contributed by atoms with Crippen molar-refractivity contribution in [2.24, 2.45) is 0 Å². The molecule has 0 aliphatic carbocycles. The summed E-state index contributed by atoms with van der Waals surface area (Å²) < 4.78 is 4.48. The van der Waals surface area contributed by atoms with Crippen LogP contribution < -0.4 is 5.32 Å². The quantitative estimate of drug-likeness (QED) is 0.529. The van der Waals surface area contributed by atoms with Crippen LogP contribution in [0.3, 0.4) is 0 Å². The topological polar surface area (TPSA) is 81.2 Å². The number of aromatic nitrogens is 2. The first-order valence-corrected chi connectivity index (χ1v) is 3.98. The summed E-state index contributed by atoms with van der Waals surface area (Å²) in [4.78, 5) is 29.4. The summed E-state index contributed by atoms with van der Waals surface area (Å²) in [5, 5.41) is 2.24. The van der Waals surface area contributed by atoms with Gasteiger partial charge in [-0.3, -0.25) is 15.1 Å². The number of hydrogen-bond acceptors (Lipinski definition) is 5. The lowest BCUT2D eigenvalue weighted by atomic mass is 10.5. The van der Waals surface area contributed by atoms with Crippen molar-refractivity contribution in [2.45, 2.75) is 6.92 Å². The number of anilines is 1. The molecule has 6 heteroatoms. The fraction of sp³-hybridized carbons (Fsp3) is 0.250. The van der Waals surface area contributed by atoms with Crippen molar-refractivity contribution >= 4 is 17.7 Å². The summed E-state index contributed by atoms with van der Waals surface area (Å²) in [6.07, 6.45) is 4.19. The molecule has 0 saturated carbocycles. The maximum Gasteiger partial charge on any atom is 0.397 e. The Bertz CT molecular complexity index is 326. The molecule has 0 aliphatic heterocycles. The molecule has 1 amide bonds. The van der Waals surface area contributed by atoms with E-state index in [-0.39, 0.29) is 12.4 Å². The minimum absolute atomic E-state index is 0.159. The van der Waals surface area contributed by atoms with Crippen LogP contribution in [-0.4, -0.2) is 28.5 Å². The van der Waals surface area contributed by atoms with Crippen molar-refractivity contribution in [3.8, 4) is 0 Å². The van der Waals surface area contributed by atoms with Crippen molar-refractivity contribution in [1.82, 2.24) is 9.97 Å². The first-order valence-electron chi connectivity index (χ1n) is 3.98. The molecule has 0 bridgehead atoms. The van der Waals surface area contributed by atoms with Crippen LogP contribution in [0, 0.1) is 0 Å². The van der Waals surface area contributed by atoms with Crippen LogP contribution in [-0.2, 0) is 14.3 Å². The van der Waals surface area contributed by atoms with Crippen molar-refractivity contribution in [3.63, 3.8) is 0 Å². The largest absolute Gasteiger partial charge is 0.459 e. The van der Waals surface area contributed by atoms with E-state index < -0.39 is 11.9 Å². The molecule has 0 aromatic carbocycles. The second-order valence-corrected chi connectivity index (χ2v) is 2.27. The highest BCUT2D eigenvalue weighted by molar-refractivity contribution is 6.37. The number of esters is 1. The molecule has 0 spiro atoms. The number of ether oxygens (including phenoxy) is 1. The van der Waals surface area contributed by atoms with Gasteiger partial charge in [0.2, 0.25) is 0 Å². The molecule has 0 saturated heterocycles. The van der Waals surface area contributed by atoms with Crippen LogP contribution in [0.5, 0.6) is 0 Å². The second-order valence-electron chi connectivity index (χ2n) is 2.27. The first-order chi connectivity index (χ1) is 6.74. The molecule has 0 aliphatic rings. The SMILES string of the molecule is CCOC(=O)C(=O)Nc1cnccn1. The van der Waals surface area contributed by atoms with Gasteiger partial charge in [-0.2, -0.15) is 0 Å². The fourth-order valence-corrected chi connectivity index (χ4v) is 0.728. The van der Waals surface area contributed by atoms with E-state index >= 15 is 0 Å². The normalized spacial score (nSPS) is 9.21. The minimum Gasteiger partial charge on any atom is -0.459 e. The number of amides is 1. The van der Waals surface area contributed by atoms with Crippen LogP contribution >= 0.6 is 0 Å². The van der Waals surface area contributed by atoms with Crippen molar-refractivity contribution in [2.75, 3.05) is 11.9 Å². The predicted molar refractivity (Wildman–Crippen MR) is 47.3 cm³/mol. The van der Waals surface area contributed by atoms with Gasteiger partial charge in [-0.15, -0.1) is 0 Å². The van der Waals surface area contributed by atoms with Crippen LogP contribution in [0.15, 0.2) is 18.6 Å². The zero-order valence-electron chi connectivity index (χ0n) is 7.56. The summed E-state index contributed by atoms with van der Waals surface area (Å²) in [7, 11) is 0. The average molecular weight is 195 g/mol. The van der Waals surface area contributed by atoms with E-state index in [1.165, 1.54) is 18.6 Å². The van der Waals surface area contributed by atoms with Gasteiger partial charge in [0, 0.05) is 12.4 Å². The van der Waals surface area contributed by atoms with E-state index in [1.54, 1.807) is 6.92 Å². The lowest BCUT2D eigenvalue weighted by Crippen LogP contribution is -2.25. The lowest BCUT2D eigenvalue weighted by molar-refractivity contribution is -0.152. The number of hydrogen-bond donors (Lipinski definition) is 1. The third kappa shape index (κ3) is 2.81. The zero-order valence-corrected chi connectivity index (χ0v) is 7.56. The van der Waals surface area contributed by atoms with Gasteiger partial charge in [0.1, 0.15) is 0 Å². The molecule has 1 heterocycles. The maximum absolute atomic E-state index is 11.0. The van der Waals surface area contributed by atoms with Crippen LogP contribution in [0.4, 0.5) is 5.82 Å². The predicted octanol–water partition coefficient (Wildman–Crippen LogP) is -0.0218. The first kappa shape index (κ1) is 10.1. The maximum atomic E-state index is 11.0. The summed E-state index contributed by atoms with van der Waals surface area (Å²) in [6.45, 7) is 1.78. The Morgan fingerprint density at radius 3 is 2.86 bits per heavy atom. The van der Waals surface area contributed by atoms with E-state index in [4.69, 9.17) is 0 Å². The number of rotatable bonds is 2. The van der Waals surface area contributed by atoms with Crippen LogP contribution in [0.2, 0.25) is 0 Å². The Kier molecular flexibility index (Phi) is 3.54. The molecular formula is C8H9N3O3. The Morgan fingerprint density at radius 2 is 2.29 bits per heavy atom. The van der Waals surface area contributed by atoms with Gasteiger partial charge in [0.05, 0.1) is 12.8 Å². The summed E-state index contributed by atoms with van der Waals surface area (Å²) in [5.41, 5.74) is 0. The molecule has 74 valence electrons. The van der Waals surface area contributed by atoms with E-state index in [9.17, 15) is 9.59 Å². The molecule has 1 rings (SSSR count). The molecule has 1 aromatic rings. The standard InChI is InChI=1S/C8H9N3O3/c1-2-14-8(13)7(12)11-6-5-9-3-4-10-6/h3-5H,2H2,1H3,(H,10,11,12). The van der Waals surface area contributed by atoms with E-state index in [2.05, 4.69) is 20.0 Å². The average Bonchev–Trinajstić information content (AvgIpc) is 2.19. The van der Waals surface area contributed by atoms with Crippen LogP contribution in [0.1, 0.15) is 6.92 Å². The number of carbonyl (C=O) groups is 2. The van der Waals surface area contributed by atoms with Gasteiger partial charge >= 0.3 is 11.9 Å². The molecule has 14 heavy (non-hydrogen) atoms.